The molecule has 0 spiro atoms. The van der Waals surface area contributed by atoms with Crippen molar-refractivity contribution < 1.29 is 20.1 Å². The molecule has 0 aliphatic carbocycles. The van der Waals surface area contributed by atoms with Gasteiger partial charge in [0.1, 0.15) is 18.3 Å². The number of nitrogens with one attached hydrogen (secondary N) is 1. The van der Waals surface area contributed by atoms with Gasteiger partial charge in [-0.2, -0.15) is 0 Å². The molecule has 0 radical (unpaired) electrons. The molecule has 22 heavy (non-hydrogen) atoms. The maximum Gasteiger partial charge on any atom is 0.111 e. The molecular formula is C16H24N2O4. The number of hydrogen-bond donors (Lipinski definition) is 4. The summed E-state index contributed by atoms with van der Waals surface area (Å²) < 4.78 is 5.74. The first-order valence-electron chi connectivity index (χ1n) is 7.83. The van der Waals surface area contributed by atoms with Gasteiger partial charge in [-0.3, -0.25) is 10.2 Å². The van der Waals surface area contributed by atoms with Crippen LogP contribution in [0.25, 0.3) is 0 Å². The molecule has 3 rings (SSSR count). The van der Waals surface area contributed by atoms with Crippen molar-refractivity contribution in [2.75, 3.05) is 19.7 Å². The maximum atomic E-state index is 10.3. The van der Waals surface area contributed by atoms with Crippen LogP contribution in [0.3, 0.4) is 0 Å². The summed E-state index contributed by atoms with van der Waals surface area (Å²) in [5.41, 5.74) is 1.07. The Hall–Kier alpha value is -1.02. The van der Waals surface area contributed by atoms with Crippen LogP contribution in [0.15, 0.2) is 30.3 Å². The van der Waals surface area contributed by atoms with E-state index < -0.39 is 18.3 Å². The van der Waals surface area contributed by atoms with Crippen molar-refractivity contribution >= 4 is 0 Å². The van der Waals surface area contributed by atoms with Crippen LogP contribution in [0.2, 0.25) is 0 Å². The monoisotopic (exact) mass is 308 g/mol. The second kappa shape index (κ2) is 7.04. The molecule has 6 heteroatoms. The van der Waals surface area contributed by atoms with E-state index in [9.17, 15) is 15.3 Å². The average molecular weight is 308 g/mol. The van der Waals surface area contributed by atoms with E-state index in [0.29, 0.717) is 13.2 Å². The lowest BCUT2D eigenvalue weighted by atomic mass is 9.90. The number of hydrogen-bond acceptors (Lipinski definition) is 6. The molecule has 0 amide bonds. The van der Waals surface area contributed by atoms with Gasteiger partial charge < -0.3 is 20.1 Å². The zero-order valence-electron chi connectivity index (χ0n) is 12.5. The minimum atomic E-state index is -1.16. The molecule has 0 saturated carbocycles. The van der Waals surface area contributed by atoms with E-state index in [-0.39, 0.29) is 12.2 Å². The molecule has 6 nitrogen and oxygen atoms in total. The van der Waals surface area contributed by atoms with Crippen molar-refractivity contribution in [3.63, 3.8) is 0 Å². The molecule has 2 aliphatic heterocycles. The fourth-order valence-electron chi connectivity index (χ4n) is 3.34. The third-order valence-electron chi connectivity index (χ3n) is 4.55. The van der Waals surface area contributed by atoms with Crippen molar-refractivity contribution in [2.45, 2.75) is 43.5 Å². The molecule has 2 fully saturated rings. The van der Waals surface area contributed by atoms with Gasteiger partial charge in [-0.15, -0.1) is 0 Å². The van der Waals surface area contributed by atoms with Gasteiger partial charge in [0.25, 0.3) is 0 Å². The van der Waals surface area contributed by atoms with Crippen LogP contribution >= 0.6 is 0 Å². The first-order valence-corrected chi connectivity index (χ1v) is 7.83. The van der Waals surface area contributed by atoms with Gasteiger partial charge in [-0.05, 0) is 18.5 Å². The Morgan fingerprint density at radius 1 is 1.09 bits per heavy atom. The third kappa shape index (κ3) is 3.17. The fourth-order valence-corrected chi connectivity index (χ4v) is 3.34. The zero-order valence-corrected chi connectivity index (χ0v) is 12.5. The minimum absolute atomic E-state index is 0.317. The SMILES string of the molecule is O[C@H]1[C@H](O)[C@@H](COCc2ccccc2)N2CCCN[C@H]2[C@H]1O. The molecule has 0 aromatic heterocycles. The number of aliphatic hydroxyl groups excluding tert-OH is 3. The predicted octanol–water partition coefficient (Wildman–Crippen LogP) is -0.710. The normalized spacial score (nSPS) is 36.0. The van der Waals surface area contributed by atoms with E-state index in [0.717, 1.165) is 25.1 Å². The Balaban J connectivity index is 1.62. The van der Waals surface area contributed by atoms with Crippen molar-refractivity contribution in [1.82, 2.24) is 10.2 Å². The van der Waals surface area contributed by atoms with E-state index in [1.807, 2.05) is 35.2 Å². The van der Waals surface area contributed by atoms with Gasteiger partial charge in [0.15, 0.2) is 0 Å². The van der Waals surface area contributed by atoms with E-state index in [1.54, 1.807) is 0 Å². The summed E-state index contributed by atoms with van der Waals surface area (Å²) in [6.45, 7) is 2.36. The number of fused-ring (bicyclic) bond motifs is 1. The van der Waals surface area contributed by atoms with Gasteiger partial charge in [-0.1, -0.05) is 30.3 Å². The first kappa shape index (κ1) is 15.9. The van der Waals surface area contributed by atoms with Gasteiger partial charge >= 0.3 is 0 Å². The summed E-state index contributed by atoms with van der Waals surface area (Å²) in [6.07, 6.45) is -2.53. The van der Waals surface area contributed by atoms with Crippen LogP contribution in [0.5, 0.6) is 0 Å². The van der Waals surface area contributed by atoms with Crippen LogP contribution in [0, 0.1) is 0 Å². The topological polar surface area (TPSA) is 85.2 Å². The number of ether oxygens (including phenoxy) is 1. The Kier molecular flexibility index (Phi) is 5.07. The van der Waals surface area contributed by atoms with Crippen LogP contribution in [-0.4, -0.2) is 70.4 Å². The van der Waals surface area contributed by atoms with E-state index in [2.05, 4.69) is 5.32 Å². The maximum absolute atomic E-state index is 10.3. The molecule has 1 aromatic rings. The molecule has 2 aliphatic rings. The minimum Gasteiger partial charge on any atom is -0.389 e. The molecule has 2 saturated heterocycles. The van der Waals surface area contributed by atoms with Gasteiger partial charge in [-0.25, -0.2) is 0 Å². The highest BCUT2D eigenvalue weighted by Gasteiger charge is 2.48. The molecule has 5 atom stereocenters. The molecule has 122 valence electrons. The predicted molar refractivity (Wildman–Crippen MR) is 81.0 cm³/mol. The summed E-state index contributed by atoms with van der Waals surface area (Å²) in [5.74, 6) is 0. The highest BCUT2D eigenvalue weighted by molar-refractivity contribution is 5.13. The Morgan fingerprint density at radius 3 is 2.64 bits per heavy atom. The lowest BCUT2D eigenvalue weighted by molar-refractivity contribution is -0.187. The largest absolute Gasteiger partial charge is 0.389 e. The summed E-state index contributed by atoms with van der Waals surface area (Å²) >= 11 is 0. The smallest absolute Gasteiger partial charge is 0.111 e. The van der Waals surface area contributed by atoms with E-state index >= 15 is 0 Å². The van der Waals surface area contributed by atoms with E-state index in [1.165, 1.54) is 0 Å². The zero-order chi connectivity index (χ0) is 15.5. The summed E-state index contributed by atoms with van der Waals surface area (Å²) in [7, 11) is 0. The molecule has 4 N–H and O–H groups in total. The van der Waals surface area contributed by atoms with E-state index in [4.69, 9.17) is 4.74 Å². The Labute approximate surface area is 130 Å². The molecule has 0 bridgehead atoms. The highest BCUT2D eigenvalue weighted by Crippen LogP contribution is 2.26. The molecular weight excluding hydrogens is 284 g/mol. The average Bonchev–Trinajstić information content (AvgIpc) is 2.57. The van der Waals surface area contributed by atoms with Crippen molar-refractivity contribution in [2.24, 2.45) is 0 Å². The van der Waals surface area contributed by atoms with Gasteiger partial charge in [0.2, 0.25) is 0 Å². The van der Waals surface area contributed by atoms with Gasteiger partial charge in [0.05, 0.1) is 25.4 Å². The number of benzene rings is 1. The number of piperidine rings is 1. The number of rotatable bonds is 4. The second-order valence-electron chi connectivity index (χ2n) is 6.03. The molecule has 1 aromatic carbocycles. The quantitative estimate of drug-likeness (QED) is 0.588. The van der Waals surface area contributed by atoms with Crippen LogP contribution in [0.1, 0.15) is 12.0 Å². The van der Waals surface area contributed by atoms with Crippen LogP contribution < -0.4 is 5.32 Å². The number of aliphatic hydroxyl groups is 3. The second-order valence-corrected chi connectivity index (χ2v) is 6.03. The Bertz CT molecular complexity index is 472. The van der Waals surface area contributed by atoms with Crippen molar-refractivity contribution in [1.29, 1.82) is 0 Å². The lowest BCUT2D eigenvalue weighted by Crippen LogP contribution is -2.72. The Morgan fingerprint density at radius 2 is 1.86 bits per heavy atom. The highest BCUT2D eigenvalue weighted by atomic mass is 16.5. The fraction of sp³-hybridized carbons (Fsp3) is 0.625. The standard InChI is InChI=1S/C16H24N2O4/c19-13-12(10-22-9-11-5-2-1-3-6-11)18-8-4-7-17-16(18)15(21)14(13)20/h1-3,5-6,12-17,19-21H,4,7-10H2/t12-,13-,14+,15+,16-/m1/s1. The van der Waals surface area contributed by atoms with Crippen molar-refractivity contribution in [3.8, 4) is 0 Å². The van der Waals surface area contributed by atoms with Gasteiger partial charge in [0, 0.05) is 6.54 Å². The first-order chi connectivity index (χ1) is 10.7. The van der Waals surface area contributed by atoms with Crippen LogP contribution in [0.4, 0.5) is 0 Å². The van der Waals surface area contributed by atoms with Crippen molar-refractivity contribution in [3.05, 3.63) is 35.9 Å². The summed E-state index contributed by atoms with van der Waals surface area (Å²) in [4.78, 5) is 2.01. The third-order valence-corrected chi connectivity index (χ3v) is 4.55. The van der Waals surface area contributed by atoms with Crippen LogP contribution in [-0.2, 0) is 11.3 Å². The molecule has 2 heterocycles. The lowest BCUT2D eigenvalue weighted by Gasteiger charge is -2.51. The number of nitrogens with zero attached hydrogens (tertiary/aromatic N) is 1. The summed E-state index contributed by atoms with van der Waals surface area (Å²) in [5, 5.41) is 33.7. The summed E-state index contributed by atoms with van der Waals surface area (Å²) in [6, 6.07) is 9.52. The molecule has 0 unspecified atom stereocenters.